The molecule has 174 valence electrons. The zero-order chi connectivity index (χ0) is 22.9. The van der Waals surface area contributed by atoms with Crippen molar-refractivity contribution < 1.29 is 70.2 Å². The number of ether oxygens (including phenoxy) is 1. The van der Waals surface area contributed by atoms with E-state index in [1.54, 1.807) is 0 Å². The SMILES string of the molecule is O=C1CCN([C@@H]2O[C@H](COP(=O)(O)OP(=O)([O-])OP(=O)([O-])[O-])[C@@H](CO)[C@H]2F)C(=O)N1. The third kappa shape index (κ3) is 6.85. The van der Waals surface area contributed by atoms with Gasteiger partial charge in [-0.05, 0) is 0 Å². The maximum Gasteiger partial charge on any atom is 0.478 e. The van der Waals surface area contributed by atoms with Crippen LogP contribution in [0.15, 0.2) is 0 Å². The molecule has 2 heterocycles. The number of aliphatic hydroxyl groups is 1. The number of amides is 3. The molecule has 0 aromatic heterocycles. The fourth-order valence-electron chi connectivity index (χ4n) is 2.67. The van der Waals surface area contributed by atoms with Crippen LogP contribution in [0.25, 0.3) is 0 Å². The van der Waals surface area contributed by atoms with Gasteiger partial charge in [0.05, 0.1) is 27.1 Å². The molecule has 0 aromatic rings. The molecule has 2 aliphatic rings. The molecule has 16 nitrogen and oxygen atoms in total. The van der Waals surface area contributed by atoms with E-state index < -0.39 is 73.0 Å². The summed E-state index contributed by atoms with van der Waals surface area (Å²) in [6.07, 6.45) is -5.29. The van der Waals surface area contributed by atoms with Gasteiger partial charge in [0.2, 0.25) is 5.91 Å². The summed E-state index contributed by atoms with van der Waals surface area (Å²) in [5, 5.41) is 11.3. The van der Waals surface area contributed by atoms with Gasteiger partial charge in [-0.15, -0.1) is 0 Å². The molecule has 0 spiro atoms. The standard InChI is InChI=1S/C10H18FN2O14P3/c11-8-5(3-14)6(25-9(8)13-2-1-7(15)12-10(13)16)4-24-29(20,21)27-30(22,23)26-28(17,18)19/h5-6,8-9,14H,1-4H2,(H,20,21)(H,22,23)(H,12,15,16)(H2,17,18,19)/p-3/t5-,6-,8-,9-/m1/s1. The normalized spacial score (nSPS) is 31.9. The Kier molecular flexibility index (Phi) is 7.95. The molecule has 2 aliphatic heterocycles. The van der Waals surface area contributed by atoms with E-state index in [2.05, 4.69) is 13.1 Å². The smallest absolute Gasteiger partial charge is 0.478 e. The molecule has 0 radical (unpaired) electrons. The zero-order valence-corrected chi connectivity index (χ0v) is 17.3. The predicted molar refractivity (Wildman–Crippen MR) is 82.2 cm³/mol. The van der Waals surface area contributed by atoms with Crippen LogP contribution < -0.4 is 20.0 Å². The highest BCUT2D eigenvalue weighted by atomic mass is 31.3. The lowest BCUT2D eigenvalue weighted by Gasteiger charge is -2.35. The Morgan fingerprint density at radius 2 is 1.87 bits per heavy atom. The average Bonchev–Trinajstić information content (AvgIpc) is 2.85. The van der Waals surface area contributed by atoms with Crippen molar-refractivity contribution in [3.8, 4) is 0 Å². The first-order valence-corrected chi connectivity index (χ1v) is 12.3. The van der Waals surface area contributed by atoms with Crippen molar-refractivity contribution in [2.45, 2.75) is 24.9 Å². The number of aliphatic hydroxyl groups excluding tert-OH is 1. The van der Waals surface area contributed by atoms with Crippen LogP contribution in [0.5, 0.6) is 0 Å². The van der Waals surface area contributed by atoms with Crippen LogP contribution in [0.2, 0.25) is 0 Å². The molecule has 0 saturated carbocycles. The molecule has 6 atom stereocenters. The molecule has 2 rings (SSSR count). The van der Waals surface area contributed by atoms with E-state index in [0.29, 0.717) is 0 Å². The predicted octanol–water partition coefficient (Wildman–Crippen LogP) is -2.95. The monoisotopic (exact) mass is 499 g/mol. The number of urea groups is 1. The molecular weight excluding hydrogens is 484 g/mol. The van der Waals surface area contributed by atoms with Gasteiger partial charge in [-0.2, -0.15) is 0 Å². The lowest BCUT2D eigenvalue weighted by atomic mass is 10.0. The first-order chi connectivity index (χ1) is 13.6. The fraction of sp³-hybridized carbons (Fsp3) is 0.800. The summed E-state index contributed by atoms with van der Waals surface area (Å²) in [7, 11) is -17.8. The number of nitrogens with zero attached hydrogens (tertiary/aromatic N) is 1. The van der Waals surface area contributed by atoms with Crippen molar-refractivity contribution in [1.29, 1.82) is 0 Å². The summed E-state index contributed by atoms with van der Waals surface area (Å²) in [5.74, 6) is -2.01. The van der Waals surface area contributed by atoms with Gasteiger partial charge in [-0.3, -0.25) is 28.4 Å². The summed E-state index contributed by atoms with van der Waals surface area (Å²) in [6, 6.07) is -0.975. The molecule has 3 amide bonds. The molecule has 2 unspecified atom stereocenters. The maximum absolute atomic E-state index is 14.6. The number of hydrogen-bond acceptors (Lipinski definition) is 13. The minimum absolute atomic E-state index is 0.162. The second-order valence-electron chi connectivity index (χ2n) is 5.97. The third-order valence-corrected chi connectivity index (χ3v) is 7.58. The molecule has 3 N–H and O–H groups in total. The van der Waals surface area contributed by atoms with Gasteiger partial charge < -0.3 is 34.0 Å². The molecule has 30 heavy (non-hydrogen) atoms. The summed E-state index contributed by atoms with van der Waals surface area (Å²) >= 11 is 0. The maximum atomic E-state index is 14.6. The highest BCUT2D eigenvalue weighted by Crippen LogP contribution is 2.62. The number of carbonyl (C=O) groups excluding carboxylic acids is 2. The first kappa shape index (κ1) is 25.5. The number of halogens is 1. The molecule has 0 bridgehead atoms. The number of carbonyl (C=O) groups is 2. The van der Waals surface area contributed by atoms with Crippen molar-refractivity contribution in [3.05, 3.63) is 0 Å². The van der Waals surface area contributed by atoms with Crippen molar-refractivity contribution >= 4 is 35.4 Å². The Morgan fingerprint density at radius 3 is 2.40 bits per heavy atom. The molecule has 2 fully saturated rings. The number of nitrogens with one attached hydrogen (secondary N) is 1. The Balaban J connectivity index is 2.02. The van der Waals surface area contributed by atoms with Crippen molar-refractivity contribution in [2.75, 3.05) is 19.8 Å². The number of imide groups is 1. The minimum atomic E-state index is -6.13. The summed E-state index contributed by atoms with van der Waals surface area (Å²) in [4.78, 5) is 64.9. The molecule has 20 heteroatoms. The number of phosphoric acid groups is 3. The molecule has 2 saturated heterocycles. The van der Waals surface area contributed by atoms with Crippen LogP contribution in [0.1, 0.15) is 6.42 Å². The van der Waals surface area contributed by atoms with E-state index >= 15 is 0 Å². The van der Waals surface area contributed by atoms with Crippen LogP contribution >= 0.6 is 23.5 Å². The lowest BCUT2D eigenvalue weighted by molar-refractivity contribution is -0.339. The van der Waals surface area contributed by atoms with Crippen LogP contribution in [0, 0.1) is 5.92 Å². The van der Waals surface area contributed by atoms with Crippen molar-refractivity contribution in [1.82, 2.24) is 10.2 Å². The van der Waals surface area contributed by atoms with Crippen molar-refractivity contribution in [3.63, 3.8) is 0 Å². The number of alkyl halides is 1. The van der Waals surface area contributed by atoms with Gasteiger partial charge in [0.25, 0.3) is 7.82 Å². The van der Waals surface area contributed by atoms with E-state index in [0.717, 1.165) is 4.90 Å². The summed E-state index contributed by atoms with van der Waals surface area (Å²) < 4.78 is 63.7. The molecule has 0 aromatic carbocycles. The van der Waals surface area contributed by atoms with E-state index in [-0.39, 0.29) is 13.0 Å². The van der Waals surface area contributed by atoms with Gasteiger partial charge in [-0.25, -0.2) is 18.1 Å². The van der Waals surface area contributed by atoms with E-state index in [1.165, 1.54) is 0 Å². The molecule has 0 aliphatic carbocycles. The van der Waals surface area contributed by atoms with E-state index in [1.807, 2.05) is 5.32 Å². The molecular formula is C10H15FN2O14P3-3. The second-order valence-corrected chi connectivity index (χ2v) is 10.3. The Labute approximate surface area is 167 Å². The van der Waals surface area contributed by atoms with Crippen molar-refractivity contribution in [2.24, 2.45) is 5.92 Å². The Hall–Kier alpha value is -0.800. The van der Waals surface area contributed by atoms with Gasteiger partial charge in [0.1, 0.15) is 0 Å². The fourth-order valence-corrected chi connectivity index (χ4v) is 5.58. The average molecular weight is 499 g/mol. The van der Waals surface area contributed by atoms with Crippen LogP contribution in [0.3, 0.4) is 0 Å². The quantitative estimate of drug-likeness (QED) is 0.268. The highest BCUT2D eigenvalue weighted by molar-refractivity contribution is 7.65. The van der Waals surface area contributed by atoms with Gasteiger partial charge in [0.15, 0.2) is 12.4 Å². The van der Waals surface area contributed by atoms with Crippen LogP contribution in [-0.2, 0) is 36.4 Å². The van der Waals surface area contributed by atoms with Gasteiger partial charge in [0, 0.05) is 18.9 Å². The largest absolute Gasteiger partial charge is 0.790 e. The summed E-state index contributed by atoms with van der Waals surface area (Å²) in [5.41, 5.74) is 0. The minimum Gasteiger partial charge on any atom is -0.790 e. The third-order valence-electron chi connectivity index (χ3n) is 3.88. The second kappa shape index (κ2) is 9.36. The summed E-state index contributed by atoms with van der Waals surface area (Å²) in [6.45, 7) is -2.16. The first-order valence-electron chi connectivity index (χ1n) is 7.88. The topological polar surface area (TPSA) is 247 Å². The number of hydrogen-bond donors (Lipinski definition) is 3. The van der Waals surface area contributed by atoms with Crippen LogP contribution in [0.4, 0.5) is 9.18 Å². The Morgan fingerprint density at radius 1 is 1.23 bits per heavy atom. The highest BCUT2D eigenvalue weighted by Gasteiger charge is 2.50. The van der Waals surface area contributed by atoms with E-state index in [4.69, 9.17) is 4.74 Å². The Bertz CT molecular complexity index is 820. The zero-order valence-electron chi connectivity index (χ0n) is 14.6. The number of phosphoric ester groups is 1. The lowest BCUT2D eigenvalue weighted by Crippen LogP contribution is -2.55. The van der Waals surface area contributed by atoms with Gasteiger partial charge in [-0.1, -0.05) is 0 Å². The van der Waals surface area contributed by atoms with Gasteiger partial charge >= 0.3 is 13.9 Å². The van der Waals surface area contributed by atoms with E-state index in [9.17, 15) is 52.4 Å². The van der Waals surface area contributed by atoms with Crippen LogP contribution in [-0.4, -0.2) is 65.1 Å². The number of rotatable bonds is 9.